The van der Waals surface area contributed by atoms with Gasteiger partial charge in [0.15, 0.2) is 0 Å². The molecule has 2 bridgehead atoms. The van der Waals surface area contributed by atoms with E-state index in [0.29, 0.717) is 45.7 Å². The monoisotopic (exact) mass is 582 g/mol. The maximum atomic E-state index is 14.4. The van der Waals surface area contributed by atoms with E-state index in [2.05, 4.69) is 18.1 Å². The Labute approximate surface area is 247 Å². The maximum Gasteiger partial charge on any atom is 0.247 e. The van der Waals surface area contributed by atoms with E-state index in [1.165, 1.54) is 0 Å². The molecule has 5 rings (SSSR count). The topological polar surface area (TPSA) is 93.6 Å². The van der Waals surface area contributed by atoms with Crippen LogP contribution in [0, 0.1) is 11.8 Å². The lowest BCUT2D eigenvalue weighted by Crippen LogP contribution is -2.56. The Morgan fingerprint density at radius 2 is 1.83 bits per heavy atom. The molecular weight excluding hydrogens is 540 g/mol. The Kier molecular flexibility index (Phi) is 9.53. The number of amides is 3. The average molecular weight is 583 g/mol. The van der Waals surface area contributed by atoms with E-state index in [-0.39, 0.29) is 36.1 Å². The highest BCUT2D eigenvalue weighted by Crippen LogP contribution is 2.66. The predicted molar refractivity (Wildman–Crippen MR) is 161 cm³/mol. The van der Waals surface area contributed by atoms with Crippen LogP contribution < -0.4 is 4.90 Å². The van der Waals surface area contributed by atoms with Crippen LogP contribution >= 0.6 is 11.8 Å². The molecule has 0 aromatic heterocycles. The van der Waals surface area contributed by atoms with Crippen molar-refractivity contribution in [3.63, 3.8) is 0 Å². The van der Waals surface area contributed by atoms with Crippen LogP contribution in [0.25, 0.3) is 0 Å². The van der Waals surface area contributed by atoms with E-state index >= 15 is 0 Å². The van der Waals surface area contributed by atoms with Gasteiger partial charge in [-0.15, -0.1) is 24.9 Å². The van der Waals surface area contributed by atoms with Crippen molar-refractivity contribution in [2.45, 2.75) is 35.3 Å². The lowest BCUT2D eigenvalue weighted by Gasteiger charge is -2.38. The molecule has 1 aromatic carbocycles. The number of nitrogens with zero attached hydrogens (tertiary/aromatic N) is 4. The van der Waals surface area contributed by atoms with E-state index in [1.54, 1.807) is 33.7 Å². The second-order valence-electron chi connectivity index (χ2n) is 11.3. The number of carbonyl (C=O) groups is 3. The second-order valence-corrected chi connectivity index (χ2v) is 12.9. The third kappa shape index (κ3) is 5.59. The fraction of sp³-hybridized carbons (Fsp3) is 0.581. The Morgan fingerprint density at radius 3 is 2.51 bits per heavy atom. The van der Waals surface area contributed by atoms with Crippen LogP contribution in [0.2, 0.25) is 0 Å². The van der Waals surface area contributed by atoms with Crippen LogP contribution in [-0.2, 0) is 19.1 Å². The lowest BCUT2D eigenvalue weighted by atomic mass is 9.70. The zero-order valence-corrected chi connectivity index (χ0v) is 24.6. The molecule has 2 unspecified atom stereocenters. The van der Waals surface area contributed by atoms with Crippen LogP contribution in [0.3, 0.4) is 0 Å². The van der Waals surface area contributed by atoms with Crippen molar-refractivity contribution in [3.05, 3.63) is 55.6 Å². The van der Waals surface area contributed by atoms with Crippen molar-refractivity contribution in [3.8, 4) is 0 Å². The highest BCUT2D eigenvalue weighted by Gasteiger charge is 2.74. The van der Waals surface area contributed by atoms with Gasteiger partial charge in [-0.3, -0.25) is 19.3 Å². The summed E-state index contributed by atoms with van der Waals surface area (Å²) in [4.78, 5) is 50.4. The summed E-state index contributed by atoms with van der Waals surface area (Å²) >= 11 is 1.68. The number of benzene rings is 1. The highest BCUT2D eigenvalue weighted by atomic mass is 32.2. The molecule has 0 saturated carbocycles. The third-order valence-electron chi connectivity index (χ3n) is 8.97. The normalized spacial score (nSPS) is 28.9. The van der Waals surface area contributed by atoms with E-state index in [1.807, 2.05) is 35.2 Å². The van der Waals surface area contributed by atoms with Crippen LogP contribution in [-0.4, -0.2) is 119 Å². The molecule has 4 heterocycles. The predicted octanol–water partition coefficient (Wildman–Crippen LogP) is 2.03. The van der Waals surface area contributed by atoms with Crippen LogP contribution in [0.5, 0.6) is 0 Å². The molecule has 0 radical (unpaired) electrons. The Balaban J connectivity index is 1.45. The van der Waals surface area contributed by atoms with Crippen molar-refractivity contribution >= 4 is 35.2 Å². The first-order valence-corrected chi connectivity index (χ1v) is 15.6. The minimum Gasteiger partial charge on any atom is -0.396 e. The largest absolute Gasteiger partial charge is 0.396 e. The van der Waals surface area contributed by atoms with Crippen LogP contribution in [0.1, 0.15) is 19.3 Å². The zero-order valence-electron chi connectivity index (χ0n) is 23.7. The summed E-state index contributed by atoms with van der Waals surface area (Å²) in [5, 5.41) is 9.63. The van der Waals surface area contributed by atoms with E-state index in [4.69, 9.17) is 4.74 Å². The molecule has 3 amide bonds. The number of fused-ring (bicyclic) bond motifs is 1. The maximum absolute atomic E-state index is 14.4. The van der Waals surface area contributed by atoms with Crippen LogP contribution in [0.4, 0.5) is 5.69 Å². The third-order valence-corrected chi connectivity index (χ3v) is 10.9. The number of hydrogen-bond acceptors (Lipinski definition) is 7. The van der Waals surface area contributed by atoms with Crippen molar-refractivity contribution in [1.82, 2.24) is 14.7 Å². The summed E-state index contributed by atoms with van der Waals surface area (Å²) in [5.74, 6) is -1.40. The molecule has 1 aromatic rings. The van der Waals surface area contributed by atoms with Gasteiger partial charge in [-0.1, -0.05) is 30.4 Å². The van der Waals surface area contributed by atoms with Gasteiger partial charge in [0.05, 0.1) is 29.8 Å². The van der Waals surface area contributed by atoms with Gasteiger partial charge in [0, 0.05) is 63.4 Å². The summed E-state index contributed by atoms with van der Waals surface area (Å²) < 4.78 is 4.81. The molecule has 41 heavy (non-hydrogen) atoms. The number of hydrogen-bond donors (Lipinski definition) is 1. The van der Waals surface area contributed by atoms with E-state index in [0.717, 1.165) is 31.7 Å². The molecule has 5 atom stereocenters. The number of aliphatic hydroxyl groups excluding tert-OH is 1. The lowest BCUT2D eigenvalue weighted by molar-refractivity contribution is -0.143. The van der Waals surface area contributed by atoms with Gasteiger partial charge in [0.25, 0.3) is 0 Å². The van der Waals surface area contributed by atoms with Gasteiger partial charge in [-0.25, -0.2) is 0 Å². The minimum atomic E-state index is -0.673. The Morgan fingerprint density at radius 1 is 1.10 bits per heavy atom. The molecule has 4 aliphatic rings. The summed E-state index contributed by atoms with van der Waals surface area (Å²) in [7, 11) is 0. The average Bonchev–Trinajstić information content (AvgIpc) is 3.64. The van der Waals surface area contributed by atoms with Gasteiger partial charge in [-0.05, 0) is 31.4 Å². The molecule has 1 spiro atoms. The van der Waals surface area contributed by atoms with Crippen LogP contribution in [0.15, 0.2) is 55.6 Å². The SMILES string of the molecule is C=CCN(CCN1CCOCC1)C(=O)C1N(CCCO)C(=O)[C@@H]2[C@@H](C(=O)N(CC=C)c3ccccc3)[C@H]3CCC12S3. The number of likely N-dealkylation sites (tertiary alicyclic amines) is 1. The van der Waals surface area contributed by atoms with Gasteiger partial charge < -0.3 is 24.5 Å². The van der Waals surface area contributed by atoms with Gasteiger partial charge >= 0.3 is 0 Å². The minimum absolute atomic E-state index is 0.0241. The number of thioether (sulfide) groups is 1. The zero-order chi connectivity index (χ0) is 29.0. The second kappa shape index (κ2) is 13.1. The highest BCUT2D eigenvalue weighted by molar-refractivity contribution is 8.02. The van der Waals surface area contributed by atoms with Gasteiger partial charge in [-0.2, -0.15) is 0 Å². The molecule has 4 aliphatic heterocycles. The number of para-hydroxylation sites is 1. The quantitative estimate of drug-likeness (QED) is 0.356. The number of aliphatic hydroxyl groups is 1. The van der Waals surface area contributed by atoms with E-state index < -0.39 is 22.6 Å². The van der Waals surface area contributed by atoms with Gasteiger partial charge in [0.2, 0.25) is 17.7 Å². The number of morpholine rings is 1. The molecule has 0 aliphatic carbocycles. The molecule has 4 fully saturated rings. The van der Waals surface area contributed by atoms with Crippen molar-refractivity contribution < 1.29 is 24.2 Å². The fourth-order valence-electron chi connectivity index (χ4n) is 7.14. The Hall–Kier alpha value is -2.66. The first kappa shape index (κ1) is 29.8. The smallest absolute Gasteiger partial charge is 0.247 e. The standard InChI is InChI=1S/C31H42N4O5S/c1-3-13-33(17-16-32-18-21-40-22-19-32)30(39)27-31-12-11-24(41-31)25(26(31)29(38)35(27)15-8-20-36)28(37)34(14-4-2)23-9-6-5-7-10-23/h3-7,9-10,24-27,36H,1-2,8,11-22H2/t24-,25+,26+,27?,31?/m1/s1. The summed E-state index contributed by atoms with van der Waals surface area (Å²) in [6.07, 6.45) is 5.33. The van der Waals surface area contributed by atoms with Crippen molar-refractivity contribution in [1.29, 1.82) is 0 Å². The summed E-state index contributed by atoms with van der Waals surface area (Å²) in [6.45, 7) is 13.0. The van der Waals surface area contributed by atoms with Crippen molar-refractivity contribution in [2.24, 2.45) is 11.8 Å². The molecule has 4 saturated heterocycles. The number of anilines is 1. The van der Waals surface area contributed by atoms with E-state index in [9.17, 15) is 19.5 Å². The fourth-order valence-corrected chi connectivity index (χ4v) is 9.35. The Bertz CT molecular complexity index is 1130. The number of rotatable bonds is 13. The molecule has 10 heteroatoms. The van der Waals surface area contributed by atoms with Crippen molar-refractivity contribution in [2.75, 3.05) is 70.5 Å². The molecular formula is C31H42N4O5S. The first-order chi connectivity index (χ1) is 20.0. The molecule has 9 nitrogen and oxygen atoms in total. The van der Waals surface area contributed by atoms with Gasteiger partial charge in [0.1, 0.15) is 6.04 Å². The summed E-state index contributed by atoms with van der Waals surface area (Å²) in [6, 6.07) is 8.82. The number of carbonyl (C=O) groups excluding carboxylic acids is 3. The molecule has 222 valence electrons. The molecule has 1 N–H and O–H groups in total. The summed E-state index contributed by atoms with van der Waals surface area (Å²) in [5.41, 5.74) is 0.773. The first-order valence-electron chi connectivity index (χ1n) is 14.7. The number of ether oxygens (including phenoxy) is 1.